The number of fused-ring (bicyclic) bond motifs is 1. The summed E-state index contributed by atoms with van der Waals surface area (Å²) < 4.78 is 0. The molecule has 3 rings (SSSR count). The fourth-order valence-corrected chi connectivity index (χ4v) is 2.61. The fourth-order valence-electron chi connectivity index (χ4n) is 2.61. The van der Waals surface area contributed by atoms with Crippen LogP contribution < -0.4 is 5.73 Å². The largest absolute Gasteiger partial charge is 0.383 e. The van der Waals surface area contributed by atoms with Crippen molar-refractivity contribution in [2.45, 2.75) is 19.5 Å². The third-order valence-corrected chi connectivity index (χ3v) is 3.65. The summed E-state index contributed by atoms with van der Waals surface area (Å²) in [6.45, 7) is 2.72. The zero-order valence-corrected chi connectivity index (χ0v) is 11.2. The molecule has 0 saturated carbocycles. The molecule has 2 aromatic rings. The molecule has 0 bridgehead atoms. The van der Waals surface area contributed by atoms with Gasteiger partial charge in [0, 0.05) is 31.7 Å². The van der Waals surface area contributed by atoms with Gasteiger partial charge in [0.25, 0.3) is 0 Å². The van der Waals surface area contributed by atoms with Gasteiger partial charge in [0.1, 0.15) is 11.9 Å². The summed E-state index contributed by atoms with van der Waals surface area (Å²) in [5, 5.41) is 9.04. The minimum atomic E-state index is 0.350. The lowest BCUT2D eigenvalue weighted by atomic mass is 10.0. The highest BCUT2D eigenvalue weighted by Crippen LogP contribution is 2.22. The average molecular weight is 264 g/mol. The Morgan fingerprint density at radius 2 is 2.10 bits per heavy atom. The third-order valence-electron chi connectivity index (χ3n) is 3.65. The molecule has 1 aliphatic heterocycles. The maximum Gasteiger partial charge on any atom is 0.141 e. The first-order valence-electron chi connectivity index (χ1n) is 6.71. The second-order valence-electron chi connectivity index (χ2n) is 5.09. The zero-order chi connectivity index (χ0) is 13.9. The van der Waals surface area contributed by atoms with Gasteiger partial charge in [0.2, 0.25) is 0 Å². The van der Waals surface area contributed by atoms with Gasteiger partial charge < -0.3 is 5.73 Å². The van der Waals surface area contributed by atoms with Crippen LogP contribution in [0.15, 0.2) is 36.4 Å². The first-order valence-corrected chi connectivity index (χ1v) is 6.71. The van der Waals surface area contributed by atoms with Crippen LogP contribution in [0, 0.1) is 11.3 Å². The van der Waals surface area contributed by atoms with Crippen LogP contribution in [-0.2, 0) is 19.5 Å². The molecule has 1 aromatic heterocycles. The van der Waals surface area contributed by atoms with Gasteiger partial charge in [-0.2, -0.15) is 5.26 Å². The van der Waals surface area contributed by atoms with Crippen LogP contribution in [0.5, 0.6) is 0 Å². The summed E-state index contributed by atoms with van der Waals surface area (Å²) in [4.78, 5) is 6.73. The van der Waals surface area contributed by atoms with E-state index in [0.29, 0.717) is 11.4 Å². The van der Waals surface area contributed by atoms with E-state index in [1.54, 1.807) is 0 Å². The normalized spacial score (nSPS) is 14.6. The molecular weight excluding hydrogens is 248 g/mol. The van der Waals surface area contributed by atoms with E-state index in [-0.39, 0.29) is 0 Å². The van der Waals surface area contributed by atoms with E-state index in [4.69, 9.17) is 11.0 Å². The minimum absolute atomic E-state index is 0.350. The highest BCUT2D eigenvalue weighted by atomic mass is 15.1. The molecule has 0 spiro atoms. The molecule has 100 valence electrons. The number of hydrogen-bond donors (Lipinski definition) is 1. The first kappa shape index (κ1) is 12.6. The van der Waals surface area contributed by atoms with Gasteiger partial charge in [-0.25, -0.2) is 4.98 Å². The predicted octanol–water partition coefficient (Wildman–Crippen LogP) is 2.09. The number of nitrogen functional groups attached to an aromatic ring is 1. The smallest absolute Gasteiger partial charge is 0.141 e. The molecule has 20 heavy (non-hydrogen) atoms. The molecule has 0 fully saturated rings. The number of hydrogen-bond acceptors (Lipinski definition) is 4. The molecule has 0 amide bonds. The fraction of sp³-hybridized carbons (Fsp3) is 0.250. The molecule has 0 atom stereocenters. The van der Waals surface area contributed by atoms with Gasteiger partial charge in [-0.1, -0.05) is 30.3 Å². The lowest BCUT2D eigenvalue weighted by molar-refractivity contribution is 0.243. The van der Waals surface area contributed by atoms with Crippen molar-refractivity contribution in [3.05, 3.63) is 58.8 Å². The van der Waals surface area contributed by atoms with Crippen molar-refractivity contribution in [3.63, 3.8) is 0 Å². The molecular formula is C16H16N4. The molecule has 0 unspecified atom stereocenters. The molecule has 4 heteroatoms. The maximum absolute atomic E-state index is 9.04. The monoisotopic (exact) mass is 264 g/mol. The van der Waals surface area contributed by atoms with E-state index < -0.39 is 0 Å². The second kappa shape index (κ2) is 5.32. The summed E-state index contributed by atoms with van der Waals surface area (Å²) in [5.74, 6) is 0.350. The van der Waals surface area contributed by atoms with E-state index in [1.807, 2.05) is 12.1 Å². The molecule has 1 aliphatic rings. The highest BCUT2D eigenvalue weighted by molar-refractivity contribution is 5.51. The Kier molecular flexibility index (Phi) is 3.36. The Hall–Kier alpha value is -2.38. The standard InChI is InChI=1S/C16H16N4/c17-9-13-8-14-11-20(7-6-15(14)19-16(13)18)10-12-4-2-1-3-5-12/h1-5,8H,6-7,10-11H2,(H2,18,19). The summed E-state index contributed by atoms with van der Waals surface area (Å²) in [5.41, 5.74) is 9.70. The van der Waals surface area contributed by atoms with Crippen LogP contribution >= 0.6 is 0 Å². The number of anilines is 1. The molecule has 0 aliphatic carbocycles. The van der Waals surface area contributed by atoms with Gasteiger partial charge in [-0.05, 0) is 17.2 Å². The van der Waals surface area contributed by atoms with Crippen LogP contribution in [-0.4, -0.2) is 16.4 Å². The van der Waals surface area contributed by atoms with Crippen LogP contribution in [0.1, 0.15) is 22.4 Å². The summed E-state index contributed by atoms with van der Waals surface area (Å²) in [7, 11) is 0. The number of pyridine rings is 1. The number of nitriles is 1. The Labute approximate surface area is 118 Å². The molecule has 2 heterocycles. The highest BCUT2D eigenvalue weighted by Gasteiger charge is 2.19. The zero-order valence-electron chi connectivity index (χ0n) is 11.2. The van der Waals surface area contributed by atoms with Gasteiger partial charge in [0.05, 0.1) is 5.56 Å². The Morgan fingerprint density at radius 3 is 2.85 bits per heavy atom. The van der Waals surface area contributed by atoms with E-state index in [0.717, 1.165) is 37.3 Å². The topological polar surface area (TPSA) is 65.9 Å². The molecule has 1 aromatic carbocycles. The average Bonchev–Trinajstić information content (AvgIpc) is 2.48. The predicted molar refractivity (Wildman–Crippen MR) is 77.6 cm³/mol. The number of aromatic nitrogens is 1. The molecule has 4 nitrogen and oxygen atoms in total. The third kappa shape index (κ3) is 2.49. The van der Waals surface area contributed by atoms with Crippen molar-refractivity contribution in [2.75, 3.05) is 12.3 Å². The quantitative estimate of drug-likeness (QED) is 0.902. The molecule has 0 radical (unpaired) electrons. The number of rotatable bonds is 2. The van der Waals surface area contributed by atoms with Crippen molar-refractivity contribution < 1.29 is 0 Å². The Balaban J connectivity index is 1.80. The number of benzene rings is 1. The number of nitrogens with zero attached hydrogens (tertiary/aromatic N) is 3. The molecule has 2 N–H and O–H groups in total. The van der Waals surface area contributed by atoms with Crippen molar-refractivity contribution in [3.8, 4) is 6.07 Å². The SMILES string of the molecule is N#Cc1cc2c(nc1N)CCN(Cc1ccccc1)C2. The van der Waals surface area contributed by atoms with Crippen LogP contribution in [0.3, 0.4) is 0 Å². The lowest BCUT2D eigenvalue weighted by Gasteiger charge is -2.28. The van der Waals surface area contributed by atoms with Crippen LogP contribution in [0.4, 0.5) is 5.82 Å². The van der Waals surface area contributed by atoms with E-state index >= 15 is 0 Å². The van der Waals surface area contributed by atoms with Crippen molar-refractivity contribution in [2.24, 2.45) is 0 Å². The first-order chi connectivity index (χ1) is 9.76. The van der Waals surface area contributed by atoms with Crippen LogP contribution in [0.2, 0.25) is 0 Å². The van der Waals surface area contributed by atoms with Crippen molar-refractivity contribution in [1.82, 2.24) is 9.88 Å². The van der Waals surface area contributed by atoms with Crippen LogP contribution in [0.25, 0.3) is 0 Å². The van der Waals surface area contributed by atoms with E-state index in [1.165, 1.54) is 5.56 Å². The Morgan fingerprint density at radius 1 is 1.30 bits per heavy atom. The lowest BCUT2D eigenvalue weighted by Crippen LogP contribution is -2.31. The second-order valence-corrected chi connectivity index (χ2v) is 5.09. The Bertz CT molecular complexity index is 658. The summed E-state index contributed by atoms with van der Waals surface area (Å²) >= 11 is 0. The summed E-state index contributed by atoms with van der Waals surface area (Å²) in [6, 6.07) is 14.4. The van der Waals surface area contributed by atoms with Gasteiger partial charge in [0.15, 0.2) is 0 Å². The van der Waals surface area contributed by atoms with Crippen molar-refractivity contribution >= 4 is 5.82 Å². The van der Waals surface area contributed by atoms with Gasteiger partial charge in [-0.15, -0.1) is 0 Å². The van der Waals surface area contributed by atoms with E-state index in [2.05, 4.69) is 40.2 Å². The van der Waals surface area contributed by atoms with Gasteiger partial charge >= 0.3 is 0 Å². The van der Waals surface area contributed by atoms with Gasteiger partial charge in [-0.3, -0.25) is 4.90 Å². The number of nitrogens with two attached hydrogens (primary N) is 1. The van der Waals surface area contributed by atoms with Crippen molar-refractivity contribution in [1.29, 1.82) is 5.26 Å². The summed E-state index contributed by atoms with van der Waals surface area (Å²) in [6.07, 6.45) is 0.887. The van der Waals surface area contributed by atoms with E-state index in [9.17, 15) is 0 Å². The minimum Gasteiger partial charge on any atom is -0.383 e. The maximum atomic E-state index is 9.04. The molecule has 0 saturated heterocycles.